The maximum absolute atomic E-state index is 12.3. The number of rotatable bonds is 8. The van der Waals surface area contributed by atoms with Crippen molar-refractivity contribution in [2.75, 3.05) is 44.0 Å². The van der Waals surface area contributed by atoms with Crippen LogP contribution in [0.4, 0.5) is 17.3 Å². The second kappa shape index (κ2) is 10.8. The number of anilines is 3. The number of terminal acetylenes is 1. The molecule has 1 amide bonds. The summed E-state index contributed by atoms with van der Waals surface area (Å²) in [6, 6.07) is 7.68. The Morgan fingerprint density at radius 2 is 2.09 bits per heavy atom. The van der Waals surface area contributed by atoms with Gasteiger partial charge in [-0.05, 0) is 50.7 Å². The predicted octanol–water partition coefficient (Wildman–Crippen LogP) is 2.69. The normalized spacial score (nSPS) is 12.7. The van der Waals surface area contributed by atoms with Crippen molar-refractivity contribution in [3.05, 3.63) is 60.1 Å². The molecule has 1 aromatic carbocycles. The van der Waals surface area contributed by atoms with Gasteiger partial charge in [0.15, 0.2) is 0 Å². The number of esters is 1. The average molecular weight is 471 g/mol. The Bertz CT molecular complexity index is 1330. The van der Waals surface area contributed by atoms with E-state index in [1.807, 2.05) is 37.2 Å². The maximum Gasteiger partial charge on any atom is 0.330 e. The van der Waals surface area contributed by atoms with E-state index in [4.69, 9.17) is 11.2 Å². The smallest absolute Gasteiger partial charge is 0.330 e. The minimum absolute atomic E-state index is 0.292. The number of fused-ring (bicyclic) bond motifs is 2. The third-order valence-electron chi connectivity index (χ3n) is 5.52. The summed E-state index contributed by atoms with van der Waals surface area (Å²) >= 11 is 0. The van der Waals surface area contributed by atoms with Gasteiger partial charge in [-0.25, -0.2) is 19.7 Å². The fourth-order valence-corrected chi connectivity index (χ4v) is 3.83. The number of hydrogen-bond donors (Lipinski definition) is 1. The van der Waals surface area contributed by atoms with E-state index >= 15 is 0 Å². The highest BCUT2D eigenvalue weighted by atomic mass is 16.5. The molecule has 178 valence electrons. The monoisotopic (exact) mass is 470 g/mol. The van der Waals surface area contributed by atoms with Gasteiger partial charge in [-0.15, -0.1) is 6.42 Å². The Labute approximate surface area is 203 Å². The molecule has 0 aliphatic carbocycles. The van der Waals surface area contributed by atoms with Crippen molar-refractivity contribution in [2.24, 2.45) is 0 Å². The van der Waals surface area contributed by atoms with Crippen LogP contribution in [0.15, 0.2) is 48.9 Å². The van der Waals surface area contributed by atoms with Gasteiger partial charge in [-0.1, -0.05) is 12.0 Å². The van der Waals surface area contributed by atoms with Crippen molar-refractivity contribution in [3.8, 4) is 12.3 Å². The summed E-state index contributed by atoms with van der Waals surface area (Å²) in [6.45, 7) is 1.85. The topological polar surface area (TPSA) is 101 Å². The van der Waals surface area contributed by atoms with Crippen molar-refractivity contribution in [1.82, 2.24) is 19.9 Å². The maximum atomic E-state index is 12.3. The van der Waals surface area contributed by atoms with E-state index in [0.717, 1.165) is 54.7 Å². The van der Waals surface area contributed by atoms with Crippen LogP contribution in [0.3, 0.4) is 0 Å². The van der Waals surface area contributed by atoms with Crippen LogP contribution in [0.5, 0.6) is 0 Å². The summed E-state index contributed by atoms with van der Waals surface area (Å²) < 4.78 is 5.09. The van der Waals surface area contributed by atoms with Gasteiger partial charge in [0.2, 0.25) is 5.91 Å². The molecule has 9 nitrogen and oxygen atoms in total. The van der Waals surface area contributed by atoms with Crippen molar-refractivity contribution in [3.63, 3.8) is 0 Å². The number of carbonyl (C=O) groups is 2. The number of amides is 1. The lowest BCUT2D eigenvalue weighted by molar-refractivity contribution is -0.138. The zero-order valence-electron chi connectivity index (χ0n) is 19.7. The van der Waals surface area contributed by atoms with Crippen LogP contribution in [0.1, 0.15) is 17.5 Å². The van der Waals surface area contributed by atoms with Crippen molar-refractivity contribution >= 4 is 40.1 Å². The number of ether oxygens (including phenoxy) is 1. The first-order valence-electron chi connectivity index (χ1n) is 11.2. The summed E-state index contributed by atoms with van der Waals surface area (Å²) in [5.74, 6) is 2.64. The molecule has 1 N–H and O–H groups in total. The van der Waals surface area contributed by atoms with E-state index in [1.54, 1.807) is 12.3 Å². The van der Waals surface area contributed by atoms with Crippen molar-refractivity contribution < 1.29 is 14.3 Å². The minimum Gasteiger partial charge on any atom is -0.462 e. The summed E-state index contributed by atoms with van der Waals surface area (Å²) in [5.41, 5.74) is 3.64. The van der Waals surface area contributed by atoms with E-state index in [9.17, 15) is 9.59 Å². The number of nitrogens with zero attached hydrogens (tertiary/aromatic N) is 5. The van der Waals surface area contributed by atoms with Gasteiger partial charge in [0, 0.05) is 41.9 Å². The van der Waals surface area contributed by atoms with Crippen LogP contribution < -0.4 is 10.2 Å². The number of pyridine rings is 1. The van der Waals surface area contributed by atoms with Gasteiger partial charge in [0.05, 0.1) is 18.3 Å². The molecule has 0 bridgehead atoms. The zero-order chi connectivity index (χ0) is 24.8. The SMILES string of the molecule is C#Cc1ccc2c(c1)N(c1ncnc3cnc(NC(=O)C=CC(=O)OCCCN(C)C)cc13)CC2. The Morgan fingerprint density at radius 1 is 1.23 bits per heavy atom. The highest BCUT2D eigenvalue weighted by Crippen LogP contribution is 2.37. The van der Waals surface area contributed by atoms with Crippen LogP contribution in [-0.2, 0) is 20.7 Å². The van der Waals surface area contributed by atoms with Crippen LogP contribution in [0.2, 0.25) is 0 Å². The molecule has 3 aromatic rings. The number of hydrogen-bond acceptors (Lipinski definition) is 8. The summed E-state index contributed by atoms with van der Waals surface area (Å²) in [7, 11) is 3.89. The number of carbonyl (C=O) groups excluding carboxylic acids is 2. The predicted molar refractivity (Wildman–Crippen MR) is 134 cm³/mol. The van der Waals surface area contributed by atoms with Crippen molar-refractivity contribution in [2.45, 2.75) is 12.8 Å². The standard InChI is InChI=1S/C26H26N6O3/c1-4-18-6-7-19-10-12-32(22(19)14-18)26-20-15-23(27-16-21(20)28-17-29-26)30-24(33)8-9-25(34)35-13-5-11-31(2)3/h1,6-9,14-17H,5,10-13H2,2-3H3,(H,27,30,33). The van der Waals surface area contributed by atoms with E-state index in [2.05, 4.69) is 31.1 Å². The molecule has 35 heavy (non-hydrogen) atoms. The fraction of sp³-hybridized carbons (Fsp3) is 0.269. The Kier molecular flexibility index (Phi) is 7.33. The summed E-state index contributed by atoms with van der Waals surface area (Å²) in [4.78, 5) is 41.3. The van der Waals surface area contributed by atoms with Crippen LogP contribution in [0, 0.1) is 12.3 Å². The quantitative estimate of drug-likeness (QED) is 0.232. The number of nitrogens with one attached hydrogen (secondary N) is 1. The largest absolute Gasteiger partial charge is 0.462 e. The Morgan fingerprint density at radius 3 is 2.89 bits per heavy atom. The molecule has 0 saturated carbocycles. The van der Waals surface area contributed by atoms with Crippen LogP contribution >= 0.6 is 0 Å². The van der Waals surface area contributed by atoms with E-state index in [1.165, 1.54) is 11.9 Å². The van der Waals surface area contributed by atoms with Crippen molar-refractivity contribution in [1.29, 1.82) is 0 Å². The van der Waals surface area contributed by atoms with Gasteiger partial charge < -0.3 is 19.9 Å². The summed E-state index contributed by atoms with van der Waals surface area (Å²) in [6.07, 6.45) is 12.5. The average Bonchev–Trinajstić information content (AvgIpc) is 3.28. The first-order valence-corrected chi connectivity index (χ1v) is 11.2. The second-order valence-electron chi connectivity index (χ2n) is 8.32. The molecule has 0 saturated heterocycles. The minimum atomic E-state index is -0.569. The van der Waals surface area contributed by atoms with Gasteiger partial charge in [-0.3, -0.25) is 4.79 Å². The van der Waals surface area contributed by atoms with Gasteiger partial charge >= 0.3 is 5.97 Å². The second-order valence-corrected chi connectivity index (χ2v) is 8.32. The molecule has 0 unspecified atom stereocenters. The summed E-state index contributed by atoms with van der Waals surface area (Å²) in [5, 5.41) is 3.41. The number of benzene rings is 1. The molecular weight excluding hydrogens is 444 g/mol. The lowest BCUT2D eigenvalue weighted by atomic mass is 10.1. The van der Waals surface area contributed by atoms with Crippen LogP contribution in [0.25, 0.3) is 10.9 Å². The first-order chi connectivity index (χ1) is 16.9. The molecule has 0 spiro atoms. The van der Waals surface area contributed by atoms with E-state index in [0.29, 0.717) is 23.8 Å². The zero-order valence-corrected chi connectivity index (χ0v) is 19.7. The molecule has 0 fully saturated rings. The third kappa shape index (κ3) is 5.80. The molecule has 2 aromatic heterocycles. The molecule has 4 rings (SSSR count). The molecule has 0 atom stereocenters. The molecular formula is C26H26N6O3. The van der Waals surface area contributed by atoms with Gasteiger partial charge in [-0.2, -0.15) is 0 Å². The first kappa shape index (κ1) is 23.9. The van der Waals surface area contributed by atoms with Gasteiger partial charge in [0.25, 0.3) is 0 Å². The highest BCUT2D eigenvalue weighted by Gasteiger charge is 2.23. The van der Waals surface area contributed by atoms with Crippen LogP contribution in [-0.4, -0.2) is 65.5 Å². The highest BCUT2D eigenvalue weighted by molar-refractivity contribution is 6.03. The molecule has 3 heterocycles. The van der Waals surface area contributed by atoms with E-state index < -0.39 is 11.9 Å². The Balaban J connectivity index is 1.48. The third-order valence-corrected chi connectivity index (χ3v) is 5.52. The van der Waals surface area contributed by atoms with Gasteiger partial charge in [0.1, 0.15) is 18.0 Å². The van der Waals surface area contributed by atoms with E-state index in [-0.39, 0.29) is 0 Å². The Hall–Kier alpha value is -4.29. The molecule has 1 aliphatic heterocycles. The molecule has 9 heteroatoms. The molecule has 0 radical (unpaired) electrons. The number of aromatic nitrogens is 3. The fourth-order valence-electron chi connectivity index (χ4n) is 3.83. The molecule has 1 aliphatic rings. The lowest BCUT2D eigenvalue weighted by Gasteiger charge is -2.20. The lowest BCUT2D eigenvalue weighted by Crippen LogP contribution is -2.16.